The second-order valence-electron chi connectivity index (χ2n) is 17.0. The lowest BCUT2D eigenvalue weighted by molar-refractivity contribution is -0.143. The van der Waals surface area contributed by atoms with Crippen molar-refractivity contribution in [3.63, 3.8) is 0 Å². The summed E-state index contributed by atoms with van der Waals surface area (Å²) in [6.07, 6.45) is 39.8. The van der Waals surface area contributed by atoms with Gasteiger partial charge in [-0.1, -0.05) is 136 Å². The number of hydrogen-bond acceptors (Lipinski definition) is 6. The van der Waals surface area contributed by atoms with Crippen LogP contribution in [0.5, 0.6) is 0 Å². The summed E-state index contributed by atoms with van der Waals surface area (Å²) in [5.41, 5.74) is 0. The largest absolute Gasteiger partial charge is 0.466 e. The van der Waals surface area contributed by atoms with Gasteiger partial charge in [0.2, 0.25) is 0 Å². The lowest BCUT2D eigenvalue weighted by Gasteiger charge is -2.21. The molecule has 0 spiro atoms. The van der Waals surface area contributed by atoms with E-state index in [1.165, 1.54) is 141 Å². The van der Waals surface area contributed by atoms with Crippen molar-refractivity contribution < 1.29 is 24.2 Å². The van der Waals surface area contributed by atoms with Crippen molar-refractivity contribution in [1.29, 1.82) is 0 Å². The molecule has 6 nitrogen and oxygen atoms in total. The zero-order chi connectivity index (χ0) is 38.6. The number of nitrogens with zero attached hydrogens (tertiary/aromatic N) is 1. The lowest BCUT2D eigenvalue weighted by atomic mass is 10.0. The van der Waals surface area contributed by atoms with Gasteiger partial charge in [0.05, 0.1) is 19.3 Å². The zero-order valence-electron chi connectivity index (χ0n) is 35.9. The van der Waals surface area contributed by atoms with Crippen LogP contribution in [0.2, 0.25) is 0 Å². The molecule has 0 radical (unpaired) electrons. The first-order chi connectivity index (χ1) is 26.0. The van der Waals surface area contributed by atoms with Gasteiger partial charge < -0.3 is 24.3 Å². The van der Waals surface area contributed by atoms with E-state index in [0.29, 0.717) is 25.6 Å². The van der Waals surface area contributed by atoms with Crippen LogP contribution in [0.4, 0.5) is 0 Å². The van der Waals surface area contributed by atoms with E-state index in [4.69, 9.17) is 9.47 Å². The summed E-state index contributed by atoms with van der Waals surface area (Å²) in [6.45, 7) is 10.5. The molecule has 314 valence electrons. The number of hydrogen-bond donors (Lipinski definition) is 1. The number of aliphatic hydroxyl groups is 1. The van der Waals surface area contributed by atoms with Crippen molar-refractivity contribution in [3.05, 3.63) is 0 Å². The number of aliphatic hydroxyl groups excluding tert-OH is 1. The van der Waals surface area contributed by atoms with Crippen molar-refractivity contribution in [3.8, 4) is 0 Å². The van der Waals surface area contributed by atoms with Crippen LogP contribution in [-0.4, -0.2) is 68.3 Å². The Hall–Kier alpha value is -0.980. The second-order valence-corrected chi connectivity index (χ2v) is 17.0. The summed E-state index contributed by atoms with van der Waals surface area (Å²) in [7, 11) is 1.92. The summed E-state index contributed by atoms with van der Waals surface area (Å²) in [5.74, 6) is 4.21. The fourth-order valence-electron chi connectivity index (χ4n) is 8.17. The average Bonchev–Trinajstić information content (AvgIpc) is 4.10. The Morgan fingerprint density at radius 3 is 1.60 bits per heavy atom. The molecule has 0 aliphatic heterocycles. The van der Waals surface area contributed by atoms with Crippen LogP contribution in [0, 0.1) is 23.7 Å². The number of aldehydes is 1. The van der Waals surface area contributed by atoms with E-state index in [0.717, 1.165) is 94.5 Å². The molecular formula is C47H91NO5. The van der Waals surface area contributed by atoms with Crippen LogP contribution in [0.1, 0.15) is 220 Å². The molecule has 2 saturated carbocycles. The van der Waals surface area contributed by atoms with E-state index < -0.39 is 0 Å². The van der Waals surface area contributed by atoms with E-state index in [2.05, 4.69) is 25.7 Å². The molecular weight excluding hydrogens is 659 g/mol. The Bertz CT molecular complexity index is 782. The van der Waals surface area contributed by atoms with Crippen molar-refractivity contribution >= 4 is 12.3 Å². The van der Waals surface area contributed by atoms with Crippen molar-refractivity contribution in [2.75, 3.05) is 40.0 Å². The Morgan fingerprint density at radius 2 is 1.09 bits per heavy atom. The maximum absolute atomic E-state index is 11.8. The first kappa shape index (κ1) is 50.0. The van der Waals surface area contributed by atoms with Gasteiger partial charge in [-0.25, -0.2) is 0 Å². The molecule has 0 aromatic carbocycles. The highest BCUT2D eigenvalue weighted by atomic mass is 16.5. The highest BCUT2D eigenvalue weighted by Crippen LogP contribution is 2.47. The van der Waals surface area contributed by atoms with Gasteiger partial charge in [-0.3, -0.25) is 4.79 Å². The van der Waals surface area contributed by atoms with Gasteiger partial charge in [-0.15, -0.1) is 0 Å². The van der Waals surface area contributed by atoms with Crippen LogP contribution in [0.15, 0.2) is 0 Å². The van der Waals surface area contributed by atoms with Gasteiger partial charge in [0, 0.05) is 26.5 Å². The number of esters is 1. The first-order valence-corrected chi connectivity index (χ1v) is 23.5. The molecule has 0 heterocycles. The van der Waals surface area contributed by atoms with Crippen molar-refractivity contribution in [2.24, 2.45) is 23.7 Å². The molecule has 0 bridgehead atoms. The van der Waals surface area contributed by atoms with Crippen molar-refractivity contribution in [2.45, 2.75) is 226 Å². The quantitative estimate of drug-likeness (QED) is 0.0383. The fraction of sp³-hybridized carbons (Fsp3) is 0.957. The maximum atomic E-state index is 11.8. The molecule has 4 atom stereocenters. The third kappa shape index (κ3) is 30.9. The number of ether oxygens (including phenoxy) is 2. The van der Waals surface area contributed by atoms with E-state index in [-0.39, 0.29) is 12.6 Å². The minimum Gasteiger partial charge on any atom is -0.466 e. The highest BCUT2D eigenvalue weighted by molar-refractivity contribution is 5.69. The standard InChI is InChI=1S/C27H53NO4.C20H38O/c1-2-3-4-5-8-14-19-26-32-27(31)20-15-10-9-12-17-22-28(23-25-30)21-16-11-6-7-13-18-24-29;1-4-6-8-16-14-18(16)10-12-20(21-3)13-11-19-15-17(19)9-7-5-2/h24,30H,2-23,25-26H2,1H3;16-20H,4-15H2,1-3H3. The summed E-state index contributed by atoms with van der Waals surface area (Å²) in [6, 6.07) is 0. The Kier molecular flexibility index (Phi) is 34.6. The summed E-state index contributed by atoms with van der Waals surface area (Å²) in [4.78, 5) is 24.5. The van der Waals surface area contributed by atoms with Gasteiger partial charge in [0.25, 0.3) is 0 Å². The predicted molar refractivity (Wildman–Crippen MR) is 225 cm³/mol. The number of methoxy groups -OCH3 is 1. The minimum atomic E-state index is -0.0312. The summed E-state index contributed by atoms with van der Waals surface area (Å²) in [5, 5.41) is 9.28. The zero-order valence-corrected chi connectivity index (χ0v) is 35.9. The monoisotopic (exact) mass is 750 g/mol. The molecule has 0 aromatic heterocycles. The maximum Gasteiger partial charge on any atom is 0.305 e. The summed E-state index contributed by atoms with van der Waals surface area (Å²) >= 11 is 0. The van der Waals surface area contributed by atoms with Gasteiger partial charge in [0.1, 0.15) is 6.29 Å². The topological polar surface area (TPSA) is 76.1 Å². The minimum absolute atomic E-state index is 0.0312. The van der Waals surface area contributed by atoms with E-state index >= 15 is 0 Å². The van der Waals surface area contributed by atoms with Crippen LogP contribution < -0.4 is 0 Å². The Morgan fingerprint density at radius 1 is 0.623 bits per heavy atom. The smallest absolute Gasteiger partial charge is 0.305 e. The van der Waals surface area contributed by atoms with Crippen molar-refractivity contribution in [1.82, 2.24) is 4.90 Å². The molecule has 0 saturated heterocycles. The normalized spacial score (nSPS) is 19.5. The molecule has 0 aromatic rings. The molecule has 2 fully saturated rings. The Labute approximate surface area is 330 Å². The Balaban J connectivity index is 0.000000573. The predicted octanol–water partition coefficient (Wildman–Crippen LogP) is 12.7. The highest BCUT2D eigenvalue weighted by Gasteiger charge is 2.37. The van der Waals surface area contributed by atoms with Crippen LogP contribution in [0.3, 0.4) is 0 Å². The molecule has 2 aliphatic carbocycles. The lowest BCUT2D eigenvalue weighted by Crippen LogP contribution is -2.29. The SMILES string of the molecule is CCCCC1CC1CCC(CCC1CC1CCCC)OC.CCCCCCCCCOC(=O)CCCCCCCN(CCO)CCCCCCCC=O. The van der Waals surface area contributed by atoms with E-state index in [1.54, 1.807) is 0 Å². The fourth-order valence-corrected chi connectivity index (χ4v) is 8.17. The molecule has 1 N–H and O–H groups in total. The average molecular weight is 750 g/mol. The third-order valence-corrected chi connectivity index (χ3v) is 12.1. The number of rotatable bonds is 39. The van der Waals surface area contributed by atoms with Crippen LogP contribution in [-0.2, 0) is 19.1 Å². The molecule has 6 heteroatoms. The number of carbonyl (C=O) groups excluding carboxylic acids is 2. The molecule has 53 heavy (non-hydrogen) atoms. The van der Waals surface area contributed by atoms with Gasteiger partial charge in [-0.2, -0.15) is 0 Å². The van der Waals surface area contributed by atoms with E-state index in [9.17, 15) is 14.7 Å². The van der Waals surface area contributed by atoms with Gasteiger partial charge in [0.15, 0.2) is 0 Å². The van der Waals surface area contributed by atoms with Gasteiger partial charge >= 0.3 is 5.97 Å². The first-order valence-electron chi connectivity index (χ1n) is 23.5. The van der Waals surface area contributed by atoms with Gasteiger partial charge in [-0.05, 0) is 107 Å². The third-order valence-electron chi connectivity index (χ3n) is 12.1. The summed E-state index contributed by atoms with van der Waals surface area (Å²) < 4.78 is 11.1. The van der Waals surface area contributed by atoms with Crippen LogP contribution in [0.25, 0.3) is 0 Å². The molecule has 2 aliphatic rings. The van der Waals surface area contributed by atoms with E-state index in [1.807, 2.05) is 7.11 Å². The molecule has 4 unspecified atom stereocenters. The second kappa shape index (κ2) is 36.6. The molecule has 0 amide bonds. The number of carbonyl (C=O) groups is 2. The number of unbranched alkanes of at least 4 members (excludes halogenated alkanes) is 17. The molecule has 2 rings (SSSR count). The van der Waals surface area contributed by atoms with Crippen LogP contribution >= 0.6 is 0 Å².